The van der Waals surface area contributed by atoms with Gasteiger partial charge < -0.3 is 0 Å². The fourth-order valence-corrected chi connectivity index (χ4v) is 4.08. The van der Waals surface area contributed by atoms with Crippen LogP contribution in [0.4, 0.5) is 26.3 Å². The average Bonchev–Trinajstić information content (AvgIpc) is 2.71. The monoisotopic (exact) mass is 412 g/mol. The van der Waals surface area contributed by atoms with Crippen molar-refractivity contribution in [3.05, 3.63) is 70.3 Å². The van der Waals surface area contributed by atoms with Crippen molar-refractivity contribution in [1.82, 2.24) is 0 Å². The number of halogens is 6. The third-order valence-electron chi connectivity index (χ3n) is 5.67. The Balaban J connectivity index is 1.83. The van der Waals surface area contributed by atoms with Crippen molar-refractivity contribution in [3.63, 3.8) is 0 Å². The molecule has 0 amide bonds. The van der Waals surface area contributed by atoms with E-state index < -0.39 is 46.0 Å². The Bertz CT molecular complexity index is 887. The molecule has 0 aromatic heterocycles. The summed E-state index contributed by atoms with van der Waals surface area (Å²) in [5.41, 5.74) is -0.749. The average molecular weight is 412 g/mol. The molecule has 6 heteroatoms. The van der Waals surface area contributed by atoms with Crippen LogP contribution in [0.3, 0.4) is 0 Å². The van der Waals surface area contributed by atoms with E-state index in [1.54, 1.807) is 6.07 Å². The standard InChI is InChI=1S/C23H22F6/c1-2-3-13-4-6-14(7-5-13)15-8-9-17(18(24)10-15)22(28)21(27)16-11-19(25)23(29)20(26)12-16/h8-14H,2-7H2,1H3/b22-21-. The second kappa shape index (κ2) is 9.06. The zero-order chi connectivity index (χ0) is 21.1. The van der Waals surface area contributed by atoms with E-state index in [0.29, 0.717) is 18.1 Å². The van der Waals surface area contributed by atoms with Crippen LogP contribution in [0.1, 0.15) is 68.1 Å². The molecule has 2 aromatic carbocycles. The molecule has 1 aliphatic rings. The molecule has 0 unspecified atom stereocenters. The second-order valence-corrected chi connectivity index (χ2v) is 7.63. The van der Waals surface area contributed by atoms with Crippen molar-refractivity contribution in [3.8, 4) is 0 Å². The lowest BCUT2D eigenvalue weighted by Crippen LogP contribution is -2.13. The molecule has 29 heavy (non-hydrogen) atoms. The molecule has 0 heterocycles. The van der Waals surface area contributed by atoms with Gasteiger partial charge in [0.1, 0.15) is 5.82 Å². The van der Waals surface area contributed by atoms with Crippen LogP contribution in [0.5, 0.6) is 0 Å². The van der Waals surface area contributed by atoms with E-state index in [0.717, 1.165) is 43.7 Å². The molecule has 1 aliphatic carbocycles. The van der Waals surface area contributed by atoms with Crippen LogP contribution in [-0.4, -0.2) is 0 Å². The lowest BCUT2D eigenvalue weighted by atomic mass is 9.77. The highest BCUT2D eigenvalue weighted by Crippen LogP contribution is 2.39. The Morgan fingerprint density at radius 1 is 0.828 bits per heavy atom. The molecule has 0 saturated heterocycles. The summed E-state index contributed by atoms with van der Waals surface area (Å²) in [6.07, 6.45) is 6.28. The summed E-state index contributed by atoms with van der Waals surface area (Å²) in [6.45, 7) is 2.15. The van der Waals surface area contributed by atoms with Crippen molar-refractivity contribution < 1.29 is 26.3 Å². The summed E-state index contributed by atoms with van der Waals surface area (Å²) in [7, 11) is 0. The minimum atomic E-state index is -1.79. The van der Waals surface area contributed by atoms with Crippen LogP contribution in [0, 0.1) is 29.2 Å². The molecule has 0 nitrogen and oxygen atoms in total. The van der Waals surface area contributed by atoms with E-state index in [1.807, 2.05) is 0 Å². The number of hydrogen-bond donors (Lipinski definition) is 0. The minimum Gasteiger partial charge on any atom is -0.206 e. The zero-order valence-corrected chi connectivity index (χ0v) is 16.1. The van der Waals surface area contributed by atoms with Gasteiger partial charge in [0, 0.05) is 11.1 Å². The fraction of sp³-hybridized carbons (Fsp3) is 0.391. The Hall–Kier alpha value is -2.24. The maximum absolute atomic E-state index is 14.5. The summed E-state index contributed by atoms with van der Waals surface area (Å²) < 4.78 is 82.9. The van der Waals surface area contributed by atoms with E-state index in [2.05, 4.69) is 6.92 Å². The number of benzene rings is 2. The SMILES string of the molecule is CCCC1CCC(c2ccc(/C(F)=C(/F)c3cc(F)c(F)c(F)c3)c(F)c2)CC1. The van der Waals surface area contributed by atoms with E-state index in [9.17, 15) is 26.3 Å². The van der Waals surface area contributed by atoms with E-state index in [1.165, 1.54) is 12.5 Å². The molecule has 0 spiro atoms. The first kappa shape index (κ1) is 21.5. The van der Waals surface area contributed by atoms with E-state index in [-0.39, 0.29) is 5.92 Å². The molecule has 2 aromatic rings. The molecule has 0 N–H and O–H groups in total. The summed E-state index contributed by atoms with van der Waals surface area (Å²) >= 11 is 0. The number of hydrogen-bond acceptors (Lipinski definition) is 0. The van der Waals surface area contributed by atoms with Crippen LogP contribution >= 0.6 is 0 Å². The van der Waals surface area contributed by atoms with Crippen molar-refractivity contribution in [2.75, 3.05) is 0 Å². The largest absolute Gasteiger partial charge is 0.206 e. The van der Waals surface area contributed by atoms with Crippen molar-refractivity contribution in [2.24, 2.45) is 5.92 Å². The molecule has 0 aliphatic heterocycles. The van der Waals surface area contributed by atoms with Gasteiger partial charge in [0.2, 0.25) is 0 Å². The van der Waals surface area contributed by atoms with Gasteiger partial charge in [-0.3, -0.25) is 0 Å². The van der Waals surface area contributed by atoms with Gasteiger partial charge >= 0.3 is 0 Å². The van der Waals surface area contributed by atoms with Gasteiger partial charge in [-0.1, -0.05) is 25.8 Å². The third kappa shape index (κ3) is 4.68. The Kier molecular flexibility index (Phi) is 6.70. The zero-order valence-electron chi connectivity index (χ0n) is 16.1. The van der Waals surface area contributed by atoms with Crippen LogP contribution in [0.15, 0.2) is 30.3 Å². The molecule has 0 radical (unpaired) electrons. The lowest BCUT2D eigenvalue weighted by molar-refractivity contribution is 0.308. The topological polar surface area (TPSA) is 0 Å². The fourth-order valence-electron chi connectivity index (χ4n) is 4.08. The molecule has 156 valence electrons. The quantitative estimate of drug-likeness (QED) is 0.264. The summed E-state index contributed by atoms with van der Waals surface area (Å²) in [5, 5.41) is 0. The highest BCUT2D eigenvalue weighted by atomic mass is 19.2. The molecule has 1 fully saturated rings. The highest BCUT2D eigenvalue weighted by molar-refractivity contribution is 5.83. The molecular formula is C23H22F6. The highest BCUT2D eigenvalue weighted by Gasteiger charge is 2.24. The predicted octanol–water partition coefficient (Wildman–Crippen LogP) is 8.08. The van der Waals surface area contributed by atoms with E-state index in [4.69, 9.17) is 0 Å². The predicted molar refractivity (Wildman–Crippen MR) is 101 cm³/mol. The second-order valence-electron chi connectivity index (χ2n) is 7.63. The first-order valence-electron chi connectivity index (χ1n) is 9.81. The maximum atomic E-state index is 14.5. The van der Waals surface area contributed by atoms with Gasteiger partial charge in [-0.25, -0.2) is 26.3 Å². The van der Waals surface area contributed by atoms with Gasteiger partial charge in [-0.05, 0) is 67.3 Å². The summed E-state index contributed by atoms with van der Waals surface area (Å²) in [5.74, 6) is -8.44. The Morgan fingerprint density at radius 2 is 1.45 bits per heavy atom. The van der Waals surface area contributed by atoms with E-state index >= 15 is 0 Å². The molecular weight excluding hydrogens is 390 g/mol. The first-order chi connectivity index (χ1) is 13.8. The third-order valence-corrected chi connectivity index (χ3v) is 5.67. The molecule has 0 atom stereocenters. The molecule has 0 bridgehead atoms. The van der Waals surface area contributed by atoms with Crippen molar-refractivity contribution >= 4 is 11.7 Å². The van der Waals surface area contributed by atoms with Gasteiger partial charge in [-0.2, -0.15) is 0 Å². The van der Waals surface area contributed by atoms with Gasteiger partial charge in [0.05, 0.1) is 0 Å². The Morgan fingerprint density at radius 3 is 2.00 bits per heavy atom. The van der Waals surface area contributed by atoms with Crippen LogP contribution in [-0.2, 0) is 0 Å². The minimum absolute atomic E-state index is 0.170. The van der Waals surface area contributed by atoms with Crippen LogP contribution in [0.25, 0.3) is 11.7 Å². The van der Waals surface area contributed by atoms with Gasteiger partial charge in [0.15, 0.2) is 29.1 Å². The van der Waals surface area contributed by atoms with Crippen molar-refractivity contribution in [2.45, 2.75) is 51.4 Å². The van der Waals surface area contributed by atoms with Gasteiger partial charge in [-0.15, -0.1) is 0 Å². The normalized spacial score (nSPS) is 20.5. The maximum Gasteiger partial charge on any atom is 0.194 e. The van der Waals surface area contributed by atoms with Crippen LogP contribution in [0.2, 0.25) is 0 Å². The Labute approximate surface area is 166 Å². The smallest absolute Gasteiger partial charge is 0.194 e. The van der Waals surface area contributed by atoms with Crippen molar-refractivity contribution in [1.29, 1.82) is 0 Å². The number of rotatable bonds is 5. The lowest BCUT2D eigenvalue weighted by Gasteiger charge is -2.28. The molecule has 1 saturated carbocycles. The summed E-state index contributed by atoms with van der Waals surface area (Å²) in [6, 6.07) is 4.54. The summed E-state index contributed by atoms with van der Waals surface area (Å²) in [4.78, 5) is 0. The molecule has 3 rings (SSSR count). The first-order valence-corrected chi connectivity index (χ1v) is 9.81. The van der Waals surface area contributed by atoms with Crippen LogP contribution < -0.4 is 0 Å². The van der Waals surface area contributed by atoms with Gasteiger partial charge in [0.25, 0.3) is 0 Å².